The molecule has 2 aromatic carbocycles. The summed E-state index contributed by atoms with van der Waals surface area (Å²) in [5, 5.41) is -0.201. The van der Waals surface area contributed by atoms with Gasteiger partial charge in [0.05, 0.1) is 6.54 Å². The molecular formula is C27H33NO2S. The molecule has 1 aliphatic carbocycles. The molecule has 0 aromatic heterocycles. The van der Waals surface area contributed by atoms with Crippen LogP contribution in [0.5, 0.6) is 0 Å². The van der Waals surface area contributed by atoms with Gasteiger partial charge in [-0.25, -0.2) is 0 Å². The zero-order valence-corrected chi connectivity index (χ0v) is 20.1. The number of hydrogen-bond acceptors (Lipinski definition) is 3. The molecule has 1 atom stereocenters. The third-order valence-electron chi connectivity index (χ3n) is 7.16. The monoisotopic (exact) mass is 435 g/mol. The van der Waals surface area contributed by atoms with Gasteiger partial charge in [-0.1, -0.05) is 77.1 Å². The zero-order chi connectivity index (χ0) is 22.4. The van der Waals surface area contributed by atoms with Gasteiger partial charge in [0.25, 0.3) is 5.24 Å². The Morgan fingerprint density at radius 3 is 2.13 bits per heavy atom. The fourth-order valence-corrected chi connectivity index (χ4v) is 5.59. The molecule has 0 N–H and O–H groups in total. The van der Waals surface area contributed by atoms with Gasteiger partial charge in [-0.15, -0.1) is 0 Å². The lowest BCUT2D eigenvalue weighted by Crippen LogP contribution is -2.34. The standard InChI is InChI=1S/C27H33NO2S/c1-18(21-10-11-22-23(15-21)27(4,5)13-12-26(22,2)3)14-19-6-8-20(9-7-19)16-28-17-24(29)31-25(28)30/h6-11,15,18H,12-14,16-17H2,1-5H3. The predicted molar refractivity (Wildman–Crippen MR) is 129 cm³/mol. The van der Waals surface area contributed by atoms with Crippen LogP contribution in [-0.4, -0.2) is 21.8 Å². The quantitative estimate of drug-likeness (QED) is 0.532. The van der Waals surface area contributed by atoms with Crippen molar-refractivity contribution in [2.45, 2.75) is 77.2 Å². The van der Waals surface area contributed by atoms with Gasteiger partial charge in [0, 0.05) is 18.3 Å². The van der Waals surface area contributed by atoms with E-state index in [1.165, 1.54) is 35.1 Å². The van der Waals surface area contributed by atoms with Crippen molar-refractivity contribution < 1.29 is 9.59 Å². The third-order valence-corrected chi connectivity index (χ3v) is 7.95. The molecule has 4 heteroatoms. The molecule has 1 fully saturated rings. The van der Waals surface area contributed by atoms with E-state index in [1.807, 2.05) is 0 Å². The van der Waals surface area contributed by atoms with E-state index in [1.54, 1.807) is 4.90 Å². The first kappa shape index (κ1) is 22.1. The van der Waals surface area contributed by atoms with Gasteiger partial charge in [0.15, 0.2) is 0 Å². The summed E-state index contributed by atoms with van der Waals surface area (Å²) in [4.78, 5) is 24.9. The molecule has 1 unspecified atom stereocenters. The van der Waals surface area contributed by atoms with Crippen molar-refractivity contribution in [1.82, 2.24) is 4.90 Å². The fourth-order valence-electron chi connectivity index (χ4n) is 4.92. The van der Waals surface area contributed by atoms with E-state index in [4.69, 9.17) is 0 Å². The van der Waals surface area contributed by atoms with Crippen LogP contribution >= 0.6 is 11.8 Å². The average Bonchev–Trinajstić information content (AvgIpc) is 3.03. The molecule has 1 amide bonds. The molecule has 0 bridgehead atoms. The number of rotatable bonds is 5. The van der Waals surface area contributed by atoms with Crippen molar-refractivity contribution in [3.05, 3.63) is 70.3 Å². The maximum atomic E-state index is 11.8. The lowest BCUT2D eigenvalue weighted by molar-refractivity contribution is -0.110. The molecule has 1 heterocycles. The summed E-state index contributed by atoms with van der Waals surface area (Å²) in [6.07, 6.45) is 3.46. The van der Waals surface area contributed by atoms with Gasteiger partial charge < -0.3 is 4.90 Å². The second-order valence-electron chi connectivity index (χ2n) is 10.6. The Morgan fingerprint density at radius 1 is 0.903 bits per heavy atom. The molecule has 31 heavy (non-hydrogen) atoms. The highest BCUT2D eigenvalue weighted by molar-refractivity contribution is 8.26. The van der Waals surface area contributed by atoms with Gasteiger partial charge in [-0.2, -0.15) is 0 Å². The second-order valence-corrected chi connectivity index (χ2v) is 11.6. The van der Waals surface area contributed by atoms with Crippen molar-refractivity contribution >= 4 is 22.1 Å². The van der Waals surface area contributed by atoms with Crippen LogP contribution in [0, 0.1) is 0 Å². The van der Waals surface area contributed by atoms with Crippen molar-refractivity contribution in [1.29, 1.82) is 0 Å². The molecule has 0 spiro atoms. The predicted octanol–water partition coefficient (Wildman–Crippen LogP) is 6.58. The van der Waals surface area contributed by atoms with E-state index in [2.05, 4.69) is 77.1 Å². The van der Waals surface area contributed by atoms with Crippen molar-refractivity contribution in [3.8, 4) is 0 Å². The number of amides is 1. The Bertz CT molecular complexity index is 1010. The molecule has 164 valence electrons. The summed E-state index contributed by atoms with van der Waals surface area (Å²) < 4.78 is 0. The minimum atomic E-state index is -0.138. The molecular weight excluding hydrogens is 402 g/mol. The van der Waals surface area contributed by atoms with E-state index in [9.17, 15) is 9.59 Å². The van der Waals surface area contributed by atoms with Crippen LogP contribution in [0.4, 0.5) is 4.79 Å². The highest BCUT2D eigenvalue weighted by Gasteiger charge is 2.37. The van der Waals surface area contributed by atoms with E-state index in [0.29, 0.717) is 12.5 Å². The largest absolute Gasteiger partial charge is 0.321 e. The van der Waals surface area contributed by atoms with Crippen LogP contribution in [0.2, 0.25) is 0 Å². The number of carbonyl (C=O) groups excluding carboxylic acids is 2. The highest BCUT2D eigenvalue weighted by atomic mass is 32.2. The molecule has 2 aliphatic rings. The lowest BCUT2D eigenvalue weighted by atomic mass is 9.62. The Hall–Kier alpha value is -2.07. The summed E-state index contributed by atoms with van der Waals surface area (Å²) in [6.45, 7) is 12.5. The summed E-state index contributed by atoms with van der Waals surface area (Å²) in [7, 11) is 0. The maximum Gasteiger partial charge on any atom is 0.290 e. The molecule has 2 aromatic rings. The van der Waals surface area contributed by atoms with E-state index >= 15 is 0 Å². The average molecular weight is 436 g/mol. The molecule has 1 aliphatic heterocycles. The number of fused-ring (bicyclic) bond motifs is 1. The zero-order valence-electron chi connectivity index (χ0n) is 19.3. The molecule has 0 saturated carbocycles. The minimum Gasteiger partial charge on any atom is -0.321 e. The van der Waals surface area contributed by atoms with Crippen LogP contribution in [0.1, 0.15) is 81.2 Å². The molecule has 3 nitrogen and oxygen atoms in total. The molecule has 0 radical (unpaired) electrons. The minimum absolute atomic E-state index is 0.0629. The highest BCUT2D eigenvalue weighted by Crippen LogP contribution is 2.46. The number of nitrogens with zero attached hydrogens (tertiary/aromatic N) is 1. The Kier molecular flexibility index (Phi) is 5.80. The van der Waals surface area contributed by atoms with Gasteiger partial charge in [-0.05, 0) is 63.8 Å². The summed E-state index contributed by atoms with van der Waals surface area (Å²) in [6, 6.07) is 15.7. The van der Waals surface area contributed by atoms with Gasteiger partial charge in [0.2, 0.25) is 5.12 Å². The van der Waals surface area contributed by atoms with Crippen LogP contribution in [-0.2, 0) is 28.6 Å². The van der Waals surface area contributed by atoms with Crippen LogP contribution < -0.4 is 0 Å². The molecule has 4 rings (SSSR count). The van der Waals surface area contributed by atoms with Gasteiger partial charge in [0.1, 0.15) is 0 Å². The van der Waals surface area contributed by atoms with Crippen LogP contribution in [0.3, 0.4) is 0 Å². The third kappa shape index (κ3) is 4.59. The first-order valence-electron chi connectivity index (χ1n) is 11.3. The van der Waals surface area contributed by atoms with Crippen molar-refractivity contribution in [2.24, 2.45) is 0 Å². The lowest BCUT2D eigenvalue weighted by Gasteiger charge is -2.42. The topological polar surface area (TPSA) is 37.4 Å². The number of hydrogen-bond donors (Lipinski definition) is 0. The van der Waals surface area contributed by atoms with Crippen molar-refractivity contribution in [2.75, 3.05) is 6.54 Å². The summed E-state index contributed by atoms with van der Waals surface area (Å²) in [5.41, 5.74) is 7.29. The van der Waals surface area contributed by atoms with E-state index < -0.39 is 0 Å². The SMILES string of the molecule is CC(Cc1ccc(CN2CC(=O)SC2=O)cc1)c1ccc2c(c1)C(C)(C)CCC2(C)C. The number of benzene rings is 2. The maximum absolute atomic E-state index is 11.8. The Balaban J connectivity index is 1.47. The normalized spacial score (nSPS) is 20.6. The Labute approximate surface area is 190 Å². The Morgan fingerprint density at radius 2 is 1.52 bits per heavy atom. The second kappa shape index (κ2) is 8.12. The summed E-state index contributed by atoms with van der Waals surface area (Å²) in [5.74, 6) is 0.436. The van der Waals surface area contributed by atoms with Crippen molar-refractivity contribution in [3.63, 3.8) is 0 Å². The number of carbonyl (C=O) groups is 2. The summed E-state index contributed by atoms with van der Waals surface area (Å²) >= 11 is 0.814. The van der Waals surface area contributed by atoms with Crippen LogP contribution in [0.25, 0.3) is 0 Å². The fraction of sp³-hybridized carbons (Fsp3) is 0.481. The smallest absolute Gasteiger partial charge is 0.290 e. The van der Waals surface area contributed by atoms with Gasteiger partial charge >= 0.3 is 0 Å². The van der Waals surface area contributed by atoms with Crippen LogP contribution in [0.15, 0.2) is 42.5 Å². The van der Waals surface area contributed by atoms with E-state index in [-0.39, 0.29) is 27.7 Å². The van der Waals surface area contributed by atoms with Gasteiger partial charge in [-0.3, -0.25) is 9.59 Å². The number of thioether (sulfide) groups is 1. The van der Waals surface area contributed by atoms with E-state index in [0.717, 1.165) is 23.7 Å². The first-order chi connectivity index (χ1) is 14.5. The first-order valence-corrected chi connectivity index (χ1v) is 12.1. The molecule has 1 saturated heterocycles.